The van der Waals surface area contributed by atoms with E-state index in [0.717, 1.165) is 6.20 Å². The summed E-state index contributed by atoms with van der Waals surface area (Å²) in [6.07, 6.45) is -5.28. The van der Waals surface area contributed by atoms with E-state index in [4.69, 9.17) is 0 Å². The van der Waals surface area contributed by atoms with Crippen molar-refractivity contribution in [3.8, 4) is 5.75 Å². The van der Waals surface area contributed by atoms with E-state index >= 15 is 0 Å². The predicted molar refractivity (Wildman–Crippen MR) is 107 cm³/mol. The highest BCUT2D eigenvalue weighted by atomic mass is 19.4. The summed E-state index contributed by atoms with van der Waals surface area (Å²) in [7, 11) is 0. The van der Waals surface area contributed by atoms with Gasteiger partial charge in [0.1, 0.15) is 11.3 Å². The van der Waals surface area contributed by atoms with Crippen LogP contribution in [0.4, 0.5) is 36.4 Å². The number of alkyl halides is 3. The number of fused-ring (bicyclic) bond motifs is 2. The summed E-state index contributed by atoms with van der Waals surface area (Å²) in [5.41, 5.74) is -5.37. The SMILES string of the molecule is CC[C@@H]1C[C@](O)(C(F)(F)F)C(Nc2cc(F)c(F)c3nc(C)ncc23)c2cc(F)c(F)c(O)c21. The molecule has 34 heavy (non-hydrogen) atoms. The second kappa shape index (κ2) is 7.97. The number of anilines is 1. The molecule has 182 valence electrons. The third-order valence-electron chi connectivity index (χ3n) is 6.19. The van der Waals surface area contributed by atoms with Gasteiger partial charge in [-0.2, -0.15) is 17.6 Å². The highest BCUT2D eigenvalue weighted by Crippen LogP contribution is 2.55. The minimum absolute atomic E-state index is 0.0437. The van der Waals surface area contributed by atoms with Crippen LogP contribution in [0.5, 0.6) is 5.75 Å². The van der Waals surface area contributed by atoms with Gasteiger partial charge in [-0.25, -0.2) is 23.1 Å². The fraction of sp³-hybridized carbons (Fsp3) is 0.364. The van der Waals surface area contributed by atoms with Gasteiger partial charge < -0.3 is 15.5 Å². The molecule has 0 fully saturated rings. The predicted octanol–water partition coefficient (Wildman–Crippen LogP) is 5.54. The largest absolute Gasteiger partial charge is 0.505 e. The Kier molecular flexibility index (Phi) is 5.62. The van der Waals surface area contributed by atoms with E-state index < -0.39 is 75.9 Å². The number of aromatic hydroxyl groups is 1. The normalized spacial score (nSPS) is 22.6. The number of nitrogens with zero attached hydrogens (tertiary/aromatic N) is 2. The standard InChI is InChI=1S/C22H18F7N3O2/c1-3-9-6-21(34,22(27,28)29)20(10-4-12(23)17(26)19(33)15(9)10)32-14-5-13(24)16(25)18-11(14)7-30-8(2)31-18/h4-5,7,9,20,32-34H,3,6H2,1-2H3/t9-,20?,21-/m1/s1. The third-order valence-corrected chi connectivity index (χ3v) is 6.19. The Balaban J connectivity index is 2.00. The van der Waals surface area contributed by atoms with Gasteiger partial charge in [0.15, 0.2) is 28.8 Å². The molecule has 3 N–H and O–H groups in total. The minimum Gasteiger partial charge on any atom is -0.505 e. The zero-order chi connectivity index (χ0) is 25.2. The number of rotatable bonds is 3. The number of nitrogens with one attached hydrogen (secondary N) is 1. The van der Waals surface area contributed by atoms with Gasteiger partial charge in [0.05, 0.1) is 6.04 Å². The molecule has 1 aromatic heterocycles. The maximum absolute atomic E-state index is 14.3. The molecule has 0 spiro atoms. The van der Waals surface area contributed by atoms with Crippen LogP contribution in [0.25, 0.3) is 10.9 Å². The van der Waals surface area contributed by atoms with Crippen LogP contribution < -0.4 is 5.32 Å². The Bertz CT molecular complexity index is 1300. The van der Waals surface area contributed by atoms with Gasteiger partial charge in [-0.05, 0) is 37.3 Å². The van der Waals surface area contributed by atoms with E-state index in [0.29, 0.717) is 12.1 Å². The molecule has 0 saturated carbocycles. The van der Waals surface area contributed by atoms with E-state index in [9.17, 15) is 40.9 Å². The van der Waals surface area contributed by atoms with Gasteiger partial charge in [-0.3, -0.25) is 0 Å². The molecule has 1 aliphatic rings. The van der Waals surface area contributed by atoms with Crippen molar-refractivity contribution < 1.29 is 40.9 Å². The van der Waals surface area contributed by atoms with Gasteiger partial charge in [0, 0.05) is 28.9 Å². The molecule has 1 unspecified atom stereocenters. The number of phenols is 1. The topological polar surface area (TPSA) is 78.3 Å². The summed E-state index contributed by atoms with van der Waals surface area (Å²) in [6.45, 7) is 2.85. The Labute approximate surface area is 188 Å². The molecule has 2 aromatic carbocycles. The third kappa shape index (κ3) is 3.51. The summed E-state index contributed by atoms with van der Waals surface area (Å²) in [6, 6.07) is -1.22. The Morgan fingerprint density at radius 2 is 1.76 bits per heavy atom. The molecule has 3 aromatic rings. The number of benzene rings is 2. The molecule has 4 rings (SSSR count). The Hall–Kier alpha value is -3.15. The van der Waals surface area contributed by atoms with Crippen molar-refractivity contribution in [3.05, 3.63) is 58.5 Å². The van der Waals surface area contributed by atoms with Gasteiger partial charge in [0.2, 0.25) is 5.82 Å². The number of aromatic nitrogens is 2. The Morgan fingerprint density at radius 3 is 2.38 bits per heavy atom. The maximum Gasteiger partial charge on any atom is 0.419 e. The number of phenolic OH excluding ortho intramolecular Hbond substituents is 1. The van der Waals surface area contributed by atoms with Crippen LogP contribution in [-0.4, -0.2) is 32.0 Å². The molecule has 3 atom stereocenters. The van der Waals surface area contributed by atoms with Gasteiger partial charge in [0.25, 0.3) is 0 Å². The highest BCUT2D eigenvalue weighted by Gasteiger charge is 2.62. The first-order valence-corrected chi connectivity index (χ1v) is 10.2. The average molecular weight is 489 g/mol. The van der Waals surface area contributed by atoms with E-state index in [1.807, 2.05) is 0 Å². The first kappa shape index (κ1) is 24.0. The average Bonchev–Trinajstić information content (AvgIpc) is 2.76. The second-order valence-electron chi connectivity index (χ2n) is 8.23. The molecular formula is C22H18F7N3O2. The van der Waals surface area contributed by atoms with Crippen molar-refractivity contribution in [2.75, 3.05) is 5.32 Å². The number of hydrogen-bond donors (Lipinski definition) is 3. The van der Waals surface area contributed by atoms with Crippen LogP contribution in [0.15, 0.2) is 18.3 Å². The van der Waals surface area contributed by atoms with Crippen LogP contribution in [0.3, 0.4) is 0 Å². The summed E-state index contributed by atoms with van der Waals surface area (Å²) in [4.78, 5) is 7.64. The van der Waals surface area contributed by atoms with Crippen LogP contribution in [0.1, 0.15) is 48.7 Å². The second-order valence-corrected chi connectivity index (χ2v) is 8.23. The van der Waals surface area contributed by atoms with Crippen molar-refractivity contribution in [2.24, 2.45) is 0 Å². The quantitative estimate of drug-likeness (QED) is 0.421. The lowest BCUT2D eigenvalue weighted by molar-refractivity contribution is -0.273. The molecule has 0 aliphatic heterocycles. The van der Waals surface area contributed by atoms with Gasteiger partial charge in [-0.15, -0.1) is 0 Å². The first-order chi connectivity index (χ1) is 15.8. The van der Waals surface area contributed by atoms with Crippen molar-refractivity contribution in [1.82, 2.24) is 9.97 Å². The monoisotopic (exact) mass is 489 g/mol. The molecule has 0 saturated heterocycles. The molecule has 1 heterocycles. The van der Waals surface area contributed by atoms with E-state index in [1.54, 1.807) is 0 Å². The number of halogens is 7. The van der Waals surface area contributed by atoms with E-state index in [-0.39, 0.29) is 23.2 Å². The zero-order valence-corrected chi connectivity index (χ0v) is 17.7. The molecule has 12 heteroatoms. The maximum atomic E-state index is 14.3. The fourth-order valence-corrected chi connectivity index (χ4v) is 4.48. The van der Waals surface area contributed by atoms with Crippen LogP contribution in [0, 0.1) is 30.2 Å². The van der Waals surface area contributed by atoms with Gasteiger partial charge in [-0.1, -0.05) is 6.92 Å². The van der Waals surface area contributed by atoms with E-state index in [1.165, 1.54) is 13.8 Å². The zero-order valence-electron chi connectivity index (χ0n) is 17.7. The molecule has 0 amide bonds. The first-order valence-electron chi connectivity index (χ1n) is 10.2. The Morgan fingerprint density at radius 1 is 1.12 bits per heavy atom. The van der Waals surface area contributed by atoms with Crippen molar-refractivity contribution >= 4 is 16.6 Å². The summed E-state index contributed by atoms with van der Waals surface area (Å²) in [5, 5.41) is 23.2. The van der Waals surface area contributed by atoms with Crippen molar-refractivity contribution in [2.45, 2.75) is 50.4 Å². The van der Waals surface area contributed by atoms with Gasteiger partial charge >= 0.3 is 6.18 Å². The minimum atomic E-state index is -5.28. The summed E-state index contributed by atoms with van der Waals surface area (Å²) >= 11 is 0. The van der Waals surface area contributed by atoms with Crippen LogP contribution in [-0.2, 0) is 0 Å². The lowest BCUT2D eigenvalue weighted by Crippen LogP contribution is -2.55. The molecule has 1 aliphatic carbocycles. The summed E-state index contributed by atoms with van der Waals surface area (Å²) in [5.74, 6) is -8.38. The molecular weight excluding hydrogens is 471 g/mol. The van der Waals surface area contributed by atoms with Crippen molar-refractivity contribution in [1.29, 1.82) is 0 Å². The molecule has 5 nitrogen and oxygen atoms in total. The number of aliphatic hydroxyl groups is 1. The fourth-order valence-electron chi connectivity index (χ4n) is 4.48. The molecule has 0 radical (unpaired) electrons. The number of aryl methyl sites for hydroxylation is 1. The molecule has 0 bridgehead atoms. The van der Waals surface area contributed by atoms with Crippen LogP contribution in [0.2, 0.25) is 0 Å². The highest BCUT2D eigenvalue weighted by molar-refractivity contribution is 5.91. The van der Waals surface area contributed by atoms with E-state index in [2.05, 4.69) is 15.3 Å². The summed E-state index contributed by atoms with van der Waals surface area (Å²) < 4.78 is 99.5. The smallest absolute Gasteiger partial charge is 0.419 e. The number of hydrogen-bond acceptors (Lipinski definition) is 5. The van der Waals surface area contributed by atoms with Crippen molar-refractivity contribution in [3.63, 3.8) is 0 Å². The van der Waals surface area contributed by atoms with Crippen LogP contribution >= 0.6 is 0 Å². The lowest BCUT2D eigenvalue weighted by Gasteiger charge is -2.45. The lowest BCUT2D eigenvalue weighted by atomic mass is 9.69.